The lowest BCUT2D eigenvalue weighted by Gasteiger charge is -2.37. The van der Waals surface area contributed by atoms with Crippen molar-refractivity contribution in [1.29, 1.82) is 0 Å². The van der Waals surface area contributed by atoms with Gasteiger partial charge in [-0.3, -0.25) is 4.79 Å². The molecule has 4 nitrogen and oxygen atoms in total. The number of Topliss-reactive ketones (excluding diaryl/α,β-unsaturated/α-hetero) is 1. The summed E-state index contributed by atoms with van der Waals surface area (Å²) in [5.74, 6) is 0.630. The average molecular weight is 526 g/mol. The van der Waals surface area contributed by atoms with Crippen molar-refractivity contribution in [2.75, 3.05) is 0 Å². The lowest BCUT2D eigenvalue weighted by molar-refractivity contribution is -0.00459. The van der Waals surface area contributed by atoms with Gasteiger partial charge < -0.3 is 4.74 Å². The summed E-state index contributed by atoms with van der Waals surface area (Å²) in [6, 6.07) is 21.5. The van der Waals surface area contributed by atoms with E-state index >= 15 is 0 Å². The number of halogens is 2. The van der Waals surface area contributed by atoms with Crippen LogP contribution in [0.4, 0.5) is 0 Å². The summed E-state index contributed by atoms with van der Waals surface area (Å²) in [6.07, 6.45) is -0.0761. The number of aryl methyl sites for hydroxylation is 1. The van der Waals surface area contributed by atoms with Crippen molar-refractivity contribution in [1.82, 2.24) is 5.01 Å². The van der Waals surface area contributed by atoms with E-state index in [4.69, 9.17) is 9.84 Å². The number of carbonyl (C=O) groups excluding carboxylic acids is 1. The summed E-state index contributed by atoms with van der Waals surface area (Å²) < 4.78 is 8.09. The minimum atomic E-state index is -0.798. The minimum absolute atomic E-state index is 0.0491. The topological polar surface area (TPSA) is 41.9 Å². The van der Waals surface area contributed by atoms with Crippen LogP contribution >= 0.6 is 31.9 Å². The third kappa shape index (κ3) is 3.48. The molecule has 3 aromatic carbocycles. The van der Waals surface area contributed by atoms with Crippen LogP contribution in [-0.4, -0.2) is 22.7 Å². The molecule has 6 heteroatoms. The van der Waals surface area contributed by atoms with E-state index in [0.717, 1.165) is 38.0 Å². The summed E-state index contributed by atoms with van der Waals surface area (Å²) >= 11 is 6.98. The highest BCUT2D eigenvalue weighted by atomic mass is 79.9. The fourth-order valence-electron chi connectivity index (χ4n) is 3.91. The van der Waals surface area contributed by atoms with Gasteiger partial charge in [-0.15, -0.1) is 0 Å². The lowest BCUT2D eigenvalue weighted by Crippen LogP contribution is -2.45. The van der Waals surface area contributed by atoms with Gasteiger partial charge in [0.2, 0.25) is 5.78 Å². The van der Waals surface area contributed by atoms with Crippen LogP contribution in [-0.2, 0) is 0 Å². The second-order valence-electron chi connectivity index (χ2n) is 7.54. The molecule has 0 aliphatic carbocycles. The maximum Gasteiger partial charge on any atom is 0.251 e. The SMILES string of the molecule is Cc1ccc(C2=NN3[C@@H](C(=O)c4ccc(Br)cc4)Oc4ccc(Br)cc4[C@@H]3C2)cc1. The van der Waals surface area contributed by atoms with E-state index in [0.29, 0.717) is 5.56 Å². The number of hydrazone groups is 1. The van der Waals surface area contributed by atoms with Gasteiger partial charge in [-0.05, 0) is 42.8 Å². The zero-order chi connectivity index (χ0) is 20.8. The highest BCUT2D eigenvalue weighted by Crippen LogP contribution is 2.44. The molecule has 0 saturated carbocycles. The Labute approximate surface area is 191 Å². The van der Waals surface area contributed by atoms with Gasteiger partial charge in [0.15, 0.2) is 0 Å². The Hall–Kier alpha value is -2.44. The Morgan fingerprint density at radius 3 is 2.43 bits per heavy atom. The molecule has 30 heavy (non-hydrogen) atoms. The molecule has 0 radical (unpaired) electrons. The fourth-order valence-corrected chi connectivity index (χ4v) is 4.55. The first kappa shape index (κ1) is 19.5. The summed E-state index contributed by atoms with van der Waals surface area (Å²) in [4.78, 5) is 13.4. The Morgan fingerprint density at radius 2 is 1.70 bits per heavy atom. The molecule has 0 amide bonds. The number of carbonyl (C=O) groups is 1. The van der Waals surface area contributed by atoms with Gasteiger partial charge in [0, 0.05) is 26.5 Å². The Bertz CT molecular complexity index is 1160. The van der Waals surface area contributed by atoms with Crippen LogP contribution < -0.4 is 4.74 Å². The molecule has 2 aliphatic heterocycles. The molecule has 0 N–H and O–H groups in total. The summed E-state index contributed by atoms with van der Waals surface area (Å²) in [5.41, 5.74) is 4.87. The molecule has 0 aromatic heterocycles. The zero-order valence-electron chi connectivity index (χ0n) is 16.2. The van der Waals surface area contributed by atoms with Crippen molar-refractivity contribution in [3.63, 3.8) is 0 Å². The monoisotopic (exact) mass is 524 g/mol. The van der Waals surface area contributed by atoms with Crippen LogP contribution in [0.5, 0.6) is 5.75 Å². The maximum absolute atomic E-state index is 13.4. The molecule has 3 aromatic rings. The molecule has 2 atom stereocenters. The normalized spacial score (nSPS) is 19.6. The average Bonchev–Trinajstić information content (AvgIpc) is 3.19. The van der Waals surface area contributed by atoms with E-state index in [-0.39, 0.29) is 11.8 Å². The number of ether oxygens (including phenoxy) is 1. The molecule has 2 aliphatic rings. The lowest BCUT2D eigenvalue weighted by atomic mass is 9.95. The van der Waals surface area contributed by atoms with Crippen LogP contribution in [0.25, 0.3) is 0 Å². The fraction of sp³-hybridized carbons (Fsp3) is 0.167. The number of ketones is 1. The zero-order valence-corrected chi connectivity index (χ0v) is 19.4. The van der Waals surface area contributed by atoms with Crippen molar-refractivity contribution >= 4 is 43.4 Å². The molecule has 0 unspecified atom stereocenters. The Kier molecular flexibility index (Phi) is 4.99. The number of fused-ring (bicyclic) bond motifs is 3. The van der Waals surface area contributed by atoms with E-state index in [1.807, 2.05) is 41.4 Å². The van der Waals surface area contributed by atoms with Gasteiger partial charge >= 0.3 is 0 Å². The van der Waals surface area contributed by atoms with E-state index in [9.17, 15) is 4.79 Å². The van der Waals surface area contributed by atoms with E-state index in [2.05, 4.69) is 69.1 Å². The van der Waals surface area contributed by atoms with Crippen LogP contribution in [0.3, 0.4) is 0 Å². The second-order valence-corrected chi connectivity index (χ2v) is 9.37. The molecular formula is C24H18Br2N2O2. The van der Waals surface area contributed by atoms with Gasteiger partial charge in [0.25, 0.3) is 6.23 Å². The van der Waals surface area contributed by atoms with Gasteiger partial charge in [0.05, 0.1) is 11.8 Å². The second kappa shape index (κ2) is 7.67. The molecule has 0 bridgehead atoms. The first-order chi connectivity index (χ1) is 14.5. The maximum atomic E-state index is 13.4. The van der Waals surface area contributed by atoms with E-state index < -0.39 is 6.23 Å². The third-order valence-electron chi connectivity index (χ3n) is 5.49. The van der Waals surface area contributed by atoms with Crippen molar-refractivity contribution < 1.29 is 9.53 Å². The summed E-state index contributed by atoms with van der Waals surface area (Å²) in [7, 11) is 0. The van der Waals surface area contributed by atoms with Crippen LogP contribution in [0, 0.1) is 6.92 Å². The van der Waals surface area contributed by atoms with E-state index in [1.54, 1.807) is 0 Å². The Balaban J connectivity index is 1.57. The quantitative estimate of drug-likeness (QED) is 0.378. The highest BCUT2D eigenvalue weighted by Gasteiger charge is 2.43. The van der Waals surface area contributed by atoms with E-state index in [1.165, 1.54) is 5.56 Å². The predicted molar refractivity (Wildman–Crippen MR) is 124 cm³/mol. The van der Waals surface area contributed by atoms with Gasteiger partial charge in [-0.25, -0.2) is 5.01 Å². The number of hydrogen-bond donors (Lipinski definition) is 0. The molecule has 0 spiro atoms. The van der Waals surface area contributed by atoms with Crippen molar-refractivity contribution in [3.05, 3.63) is 97.9 Å². The summed E-state index contributed by atoms with van der Waals surface area (Å²) in [5, 5.41) is 6.69. The van der Waals surface area contributed by atoms with Crippen LogP contribution in [0.1, 0.15) is 39.5 Å². The first-order valence-electron chi connectivity index (χ1n) is 9.68. The van der Waals surface area contributed by atoms with Gasteiger partial charge in [-0.1, -0.05) is 73.8 Å². The molecule has 0 saturated heterocycles. The molecule has 0 fully saturated rings. The number of rotatable bonds is 3. The predicted octanol–water partition coefficient (Wildman–Crippen LogP) is 6.27. The molecule has 150 valence electrons. The standard InChI is InChI=1S/C24H18Br2N2O2/c1-14-2-4-15(5-3-14)20-13-21-19-12-18(26)10-11-22(19)30-24(28(21)27-20)23(29)16-6-8-17(25)9-7-16/h2-12,21,24H,13H2,1H3/t21-,24+/m0/s1. The van der Waals surface area contributed by atoms with Crippen molar-refractivity contribution in [2.24, 2.45) is 5.10 Å². The van der Waals surface area contributed by atoms with Gasteiger partial charge in [-0.2, -0.15) is 5.10 Å². The van der Waals surface area contributed by atoms with Crippen molar-refractivity contribution in [2.45, 2.75) is 25.6 Å². The minimum Gasteiger partial charge on any atom is -0.461 e. The first-order valence-corrected chi connectivity index (χ1v) is 11.3. The number of nitrogens with zero attached hydrogens (tertiary/aromatic N) is 2. The van der Waals surface area contributed by atoms with Gasteiger partial charge in [0.1, 0.15) is 5.75 Å². The molecule has 5 rings (SSSR count). The van der Waals surface area contributed by atoms with Crippen LogP contribution in [0.2, 0.25) is 0 Å². The third-order valence-corrected chi connectivity index (χ3v) is 6.51. The summed E-state index contributed by atoms with van der Waals surface area (Å²) in [6.45, 7) is 2.07. The smallest absolute Gasteiger partial charge is 0.251 e. The Morgan fingerprint density at radius 1 is 1.00 bits per heavy atom. The van der Waals surface area contributed by atoms with Crippen LogP contribution in [0.15, 0.2) is 80.8 Å². The molecule has 2 heterocycles. The largest absolute Gasteiger partial charge is 0.461 e. The molecular weight excluding hydrogens is 508 g/mol. The number of benzene rings is 3. The van der Waals surface area contributed by atoms with Crippen molar-refractivity contribution in [3.8, 4) is 5.75 Å². The number of hydrogen-bond acceptors (Lipinski definition) is 4. The highest BCUT2D eigenvalue weighted by molar-refractivity contribution is 9.10.